The molecule has 168 valence electrons. The van der Waals surface area contributed by atoms with Crippen LogP contribution in [0.3, 0.4) is 0 Å². The number of halogens is 1. The van der Waals surface area contributed by atoms with Gasteiger partial charge in [-0.3, -0.25) is 5.43 Å². The molecule has 2 atom stereocenters. The number of benzene rings is 2. The van der Waals surface area contributed by atoms with Gasteiger partial charge in [0.05, 0.1) is 29.0 Å². The second-order valence-corrected chi connectivity index (χ2v) is 10.3. The van der Waals surface area contributed by atoms with Crippen LogP contribution in [0, 0.1) is 5.82 Å². The van der Waals surface area contributed by atoms with Gasteiger partial charge in [-0.25, -0.2) is 17.8 Å². The summed E-state index contributed by atoms with van der Waals surface area (Å²) in [6, 6.07) is 13.1. The molecular formula is C22H23FN4O3S2. The fourth-order valence-corrected chi connectivity index (χ4v) is 5.79. The van der Waals surface area contributed by atoms with Gasteiger partial charge in [0, 0.05) is 29.6 Å². The van der Waals surface area contributed by atoms with E-state index in [4.69, 9.17) is 4.74 Å². The maximum Gasteiger partial charge on any atom is 0.243 e. The van der Waals surface area contributed by atoms with E-state index in [0.29, 0.717) is 35.0 Å². The van der Waals surface area contributed by atoms with Crippen molar-refractivity contribution in [2.75, 3.05) is 18.5 Å². The summed E-state index contributed by atoms with van der Waals surface area (Å²) >= 11 is 1.32. The number of morpholine rings is 1. The standard InChI is InChI=1S/C22H23FN4O3S2/c1-15-12-27(13-16(2)30-15)32(28,29)19-8-5-7-17(10-19)21-14-31-22(25-21)26-24-11-18-6-3-4-9-20(18)23/h3-11,14-16H,12-13H2,1-2H3,(H,25,26)/b24-11-/t15-,16+. The molecule has 1 aliphatic heterocycles. The zero-order valence-electron chi connectivity index (χ0n) is 17.6. The summed E-state index contributed by atoms with van der Waals surface area (Å²) in [6.07, 6.45) is 1.07. The predicted octanol–water partition coefficient (Wildman–Crippen LogP) is 4.19. The van der Waals surface area contributed by atoms with Crippen molar-refractivity contribution < 1.29 is 17.5 Å². The molecule has 1 saturated heterocycles. The number of nitrogens with one attached hydrogen (secondary N) is 1. The summed E-state index contributed by atoms with van der Waals surface area (Å²) in [5, 5.41) is 6.35. The van der Waals surface area contributed by atoms with Crippen LogP contribution in [-0.2, 0) is 14.8 Å². The van der Waals surface area contributed by atoms with E-state index in [1.807, 2.05) is 25.3 Å². The van der Waals surface area contributed by atoms with Crippen LogP contribution in [-0.4, -0.2) is 49.2 Å². The van der Waals surface area contributed by atoms with Crippen molar-refractivity contribution in [3.63, 3.8) is 0 Å². The average molecular weight is 475 g/mol. The highest BCUT2D eigenvalue weighted by atomic mass is 32.2. The van der Waals surface area contributed by atoms with Crippen molar-refractivity contribution >= 4 is 32.7 Å². The first-order chi connectivity index (χ1) is 15.3. The number of hydrogen-bond donors (Lipinski definition) is 1. The Balaban J connectivity index is 1.50. The predicted molar refractivity (Wildman–Crippen MR) is 124 cm³/mol. The summed E-state index contributed by atoms with van der Waals surface area (Å²) in [6.45, 7) is 4.38. The van der Waals surface area contributed by atoms with Gasteiger partial charge < -0.3 is 4.74 Å². The molecule has 7 nitrogen and oxygen atoms in total. The van der Waals surface area contributed by atoms with Crippen molar-refractivity contribution in [1.82, 2.24) is 9.29 Å². The lowest BCUT2D eigenvalue weighted by atomic mass is 10.2. The Morgan fingerprint density at radius 1 is 1.19 bits per heavy atom. The van der Waals surface area contributed by atoms with Gasteiger partial charge in [0.2, 0.25) is 15.2 Å². The lowest BCUT2D eigenvalue weighted by Crippen LogP contribution is -2.48. The summed E-state index contributed by atoms with van der Waals surface area (Å²) < 4.78 is 47.1. The average Bonchev–Trinajstić information content (AvgIpc) is 3.23. The zero-order valence-corrected chi connectivity index (χ0v) is 19.2. The van der Waals surface area contributed by atoms with Crippen molar-refractivity contribution in [2.45, 2.75) is 31.0 Å². The number of aromatic nitrogens is 1. The molecule has 2 heterocycles. The van der Waals surface area contributed by atoms with Crippen LogP contribution >= 0.6 is 11.3 Å². The summed E-state index contributed by atoms with van der Waals surface area (Å²) in [7, 11) is -3.65. The molecule has 0 saturated carbocycles. The van der Waals surface area contributed by atoms with Gasteiger partial charge in [0.15, 0.2) is 0 Å². The molecule has 4 rings (SSSR count). The molecule has 2 aromatic carbocycles. The van der Waals surface area contributed by atoms with Gasteiger partial charge >= 0.3 is 0 Å². The number of ether oxygens (including phenoxy) is 1. The maximum atomic E-state index is 13.7. The van der Waals surface area contributed by atoms with E-state index in [-0.39, 0.29) is 22.9 Å². The molecule has 3 aromatic rings. The topological polar surface area (TPSA) is 83.9 Å². The van der Waals surface area contributed by atoms with Crippen LogP contribution in [0.15, 0.2) is 63.9 Å². The number of hydrazone groups is 1. The molecular weight excluding hydrogens is 451 g/mol. The van der Waals surface area contributed by atoms with Crippen LogP contribution in [0.2, 0.25) is 0 Å². The van der Waals surface area contributed by atoms with Crippen molar-refractivity contribution in [3.8, 4) is 11.3 Å². The molecule has 1 N–H and O–H groups in total. The Hall–Kier alpha value is -2.66. The van der Waals surface area contributed by atoms with Crippen molar-refractivity contribution in [1.29, 1.82) is 0 Å². The van der Waals surface area contributed by atoms with Crippen LogP contribution in [0.4, 0.5) is 9.52 Å². The number of rotatable bonds is 6. The quantitative estimate of drug-likeness (QED) is 0.428. The zero-order chi connectivity index (χ0) is 22.7. The van der Waals surface area contributed by atoms with E-state index in [1.54, 1.807) is 36.4 Å². The van der Waals surface area contributed by atoms with E-state index in [0.717, 1.165) is 0 Å². The minimum Gasteiger partial charge on any atom is -0.373 e. The summed E-state index contributed by atoms with van der Waals surface area (Å²) in [5.41, 5.74) is 4.46. The number of nitrogens with zero attached hydrogens (tertiary/aromatic N) is 3. The Labute approximate surface area is 190 Å². The highest BCUT2D eigenvalue weighted by Gasteiger charge is 2.32. The maximum absolute atomic E-state index is 13.7. The number of hydrogen-bond acceptors (Lipinski definition) is 7. The van der Waals surface area contributed by atoms with Gasteiger partial charge in [-0.1, -0.05) is 30.3 Å². The van der Waals surface area contributed by atoms with Gasteiger partial charge in [0.25, 0.3) is 0 Å². The largest absolute Gasteiger partial charge is 0.373 e. The van der Waals surface area contributed by atoms with Gasteiger partial charge in [-0.2, -0.15) is 9.41 Å². The molecule has 0 bridgehead atoms. The molecule has 1 aromatic heterocycles. The van der Waals surface area contributed by atoms with Gasteiger partial charge in [-0.05, 0) is 32.0 Å². The number of sulfonamides is 1. The van der Waals surface area contributed by atoms with Crippen LogP contribution < -0.4 is 5.43 Å². The third-order valence-corrected chi connectivity index (χ3v) is 7.50. The highest BCUT2D eigenvalue weighted by Crippen LogP contribution is 2.28. The second kappa shape index (κ2) is 9.45. The first kappa shape index (κ1) is 22.5. The molecule has 0 aliphatic carbocycles. The Kier molecular flexibility index (Phi) is 6.66. The van der Waals surface area contributed by atoms with Gasteiger partial charge in [-0.15, -0.1) is 11.3 Å². The highest BCUT2D eigenvalue weighted by molar-refractivity contribution is 7.89. The molecule has 10 heteroatoms. The van der Waals surface area contributed by atoms with Crippen molar-refractivity contribution in [2.24, 2.45) is 5.10 Å². The van der Waals surface area contributed by atoms with E-state index < -0.39 is 10.0 Å². The summed E-state index contributed by atoms with van der Waals surface area (Å²) in [4.78, 5) is 4.68. The van der Waals surface area contributed by atoms with Crippen LogP contribution in [0.5, 0.6) is 0 Å². The number of thiazole rings is 1. The fourth-order valence-electron chi connectivity index (χ4n) is 3.49. The van der Waals surface area contributed by atoms with E-state index in [1.165, 1.54) is 27.9 Å². The van der Waals surface area contributed by atoms with E-state index >= 15 is 0 Å². The van der Waals surface area contributed by atoms with E-state index in [9.17, 15) is 12.8 Å². The first-order valence-corrected chi connectivity index (χ1v) is 12.4. The minimum absolute atomic E-state index is 0.159. The van der Waals surface area contributed by atoms with Gasteiger partial charge in [0.1, 0.15) is 5.82 Å². The lowest BCUT2D eigenvalue weighted by Gasteiger charge is -2.34. The molecule has 0 spiro atoms. The molecule has 0 radical (unpaired) electrons. The Morgan fingerprint density at radius 3 is 2.69 bits per heavy atom. The van der Waals surface area contributed by atoms with Crippen LogP contribution in [0.1, 0.15) is 19.4 Å². The second-order valence-electron chi connectivity index (χ2n) is 7.54. The fraction of sp³-hybridized carbons (Fsp3) is 0.273. The first-order valence-electron chi connectivity index (χ1n) is 10.1. The molecule has 1 fully saturated rings. The number of anilines is 1. The monoisotopic (exact) mass is 474 g/mol. The third kappa shape index (κ3) is 5.04. The molecule has 1 aliphatic rings. The van der Waals surface area contributed by atoms with E-state index in [2.05, 4.69) is 15.5 Å². The van der Waals surface area contributed by atoms with Crippen molar-refractivity contribution in [3.05, 3.63) is 65.3 Å². The molecule has 0 unspecified atom stereocenters. The summed E-state index contributed by atoms with van der Waals surface area (Å²) in [5.74, 6) is -0.361. The molecule has 0 amide bonds. The lowest BCUT2D eigenvalue weighted by molar-refractivity contribution is -0.0440. The molecule has 32 heavy (non-hydrogen) atoms. The SMILES string of the molecule is C[C@@H]1CN(S(=O)(=O)c2cccc(-c3csc(N/N=C\c4ccccc4F)n3)c2)C[C@H](C)O1. The third-order valence-electron chi connectivity index (χ3n) is 4.93. The Bertz CT molecular complexity index is 1220. The minimum atomic E-state index is -3.65. The Morgan fingerprint density at radius 2 is 1.94 bits per heavy atom. The normalized spacial score (nSPS) is 20.0. The smallest absolute Gasteiger partial charge is 0.243 e. The van der Waals surface area contributed by atoms with Crippen LogP contribution in [0.25, 0.3) is 11.3 Å².